The third-order valence-electron chi connectivity index (χ3n) is 6.40. The Kier molecular flexibility index (Phi) is 7.40. The zero-order chi connectivity index (χ0) is 27.0. The molecule has 8 heteroatoms. The summed E-state index contributed by atoms with van der Waals surface area (Å²) >= 11 is 19.4. The van der Waals surface area contributed by atoms with E-state index in [-0.39, 0.29) is 12.2 Å². The average Bonchev–Trinajstić information content (AvgIpc) is 3.63. The Labute approximate surface area is 235 Å². The van der Waals surface area contributed by atoms with Crippen molar-refractivity contribution in [3.63, 3.8) is 0 Å². The summed E-state index contributed by atoms with van der Waals surface area (Å²) in [4.78, 5) is 11.5. The monoisotopic (exact) mass is 565 g/mol. The van der Waals surface area contributed by atoms with Crippen molar-refractivity contribution in [3.8, 4) is 28.8 Å². The van der Waals surface area contributed by atoms with Gasteiger partial charge in [-0.15, -0.1) is 0 Å². The lowest BCUT2D eigenvalue weighted by atomic mass is 9.99. The molecule has 38 heavy (non-hydrogen) atoms. The van der Waals surface area contributed by atoms with Gasteiger partial charge in [0.1, 0.15) is 23.8 Å². The van der Waals surface area contributed by atoms with Crippen molar-refractivity contribution < 1.29 is 19.2 Å². The Bertz CT molecular complexity index is 1610. The van der Waals surface area contributed by atoms with Crippen LogP contribution in [0.3, 0.4) is 0 Å². The Morgan fingerprint density at radius 2 is 1.74 bits per heavy atom. The molecular formula is C30H22Cl3NO4. The van der Waals surface area contributed by atoms with Crippen molar-refractivity contribution in [3.05, 3.63) is 103 Å². The highest BCUT2D eigenvalue weighted by atomic mass is 35.5. The summed E-state index contributed by atoms with van der Waals surface area (Å²) in [5.74, 6) is 6.78. The number of halogens is 3. The first kappa shape index (κ1) is 26.2. The standard InChI is InChI=1S/C30H22Cl3NO4/c1-16-12-20(17(2)22(13-16)30(35)36)9-6-18-10-11-21(14-26(18)33)37-15-23-28(34-38-29(23)19-7-8-19)27-24(31)4-3-5-25(27)32/h3-5,10-14,19H,7-8,15H2,1-2H3,(H,35,36). The van der Waals surface area contributed by atoms with Crippen LogP contribution >= 0.6 is 34.8 Å². The van der Waals surface area contributed by atoms with Gasteiger partial charge >= 0.3 is 5.97 Å². The first-order valence-corrected chi connectivity index (χ1v) is 13.1. The second kappa shape index (κ2) is 10.7. The average molecular weight is 567 g/mol. The number of hydrogen-bond acceptors (Lipinski definition) is 4. The minimum Gasteiger partial charge on any atom is -0.489 e. The predicted octanol–water partition coefficient (Wildman–Crippen LogP) is 8.47. The van der Waals surface area contributed by atoms with E-state index in [1.165, 1.54) is 0 Å². The molecule has 0 atom stereocenters. The zero-order valence-electron chi connectivity index (χ0n) is 20.6. The maximum Gasteiger partial charge on any atom is 0.336 e. The Hall–Kier alpha value is -3.43. The van der Waals surface area contributed by atoms with Crippen molar-refractivity contribution in [1.29, 1.82) is 0 Å². The SMILES string of the molecule is Cc1cc(C#Cc2ccc(OCc3c(-c4c(Cl)cccc4Cl)noc3C3CC3)cc2Cl)c(C)c(C(=O)O)c1. The second-order valence-electron chi connectivity index (χ2n) is 9.22. The molecule has 0 radical (unpaired) electrons. The molecule has 1 saturated carbocycles. The second-order valence-corrected chi connectivity index (χ2v) is 10.4. The quantitative estimate of drug-likeness (QED) is 0.237. The lowest BCUT2D eigenvalue weighted by Crippen LogP contribution is -2.02. The summed E-state index contributed by atoms with van der Waals surface area (Å²) in [5.41, 5.74) is 4.92. The highest BCUT2D eigenvalue weighted by Gasteiger charge is 2.33. The lowest BCUT2D eigenvalue weighted by Gasteiger charge is -2.10. The molecule has 0 spiro atoms. The molecule has 4 aromatic rings. The topological polar surface area (TPSA) is 72.6 Å². The van der Waals surface area contributed by atoms with E-state index in [2.05, 4.69) is 17.0 Å². The van der Waals surface area contributed by atoms with Gasteiger partial charge in [-0.2, -0.15) is 0 Å². The predicted molar refractivity (Wildman–Crippen MR) is 149 cm³/mol. The molecule has 5 rings (SSSR count). The lowest BCUT2D eigenvalue weighted by molar-refractivity contribution is 0.0696. The molecule has 0 bridgehead atoms. The zero-order valence-corrected chi connectivity index (χ0v) is 22.8. The van der Waals surface area contributed by atoms with Crippen LogP contribution in [0, 0.1) is 25.7 Å². The van der Waals surface area contributed by atoms with Crippen molar-refractivity contribution in [2.45, 2.75) is 39.2 Å². The molecule has 1 heterocycles. The van der Waals surface area contributed by atoms with Crippen molar-refractivity contribution in [1.82, 2.24) is 5.16 Å². The van der Waals surface area contributed by atoms with Gasteiger partial charge in [-0.05, 0) is 74.2 Å². The number of aryl methyl sites for hydroxylation is 1. The maximum absolute atomic E-state index is 11.5. The number of aromatic carboxylic acids is 1. The van der Waals surface area contributed by atoms with Gasteiger partial charge in [0, 0.05) is 28.7 Å². The van der Waals surface area contributed by atoms with Crippen molar-refractivity contribution >= 4 is 40.8 Å². The molecule has 1 aliphatic rings. The highest BCUT2D eigenvalue weighted by Crippen LogP contribution is 2.46. The molecule has 0 amide bonds. The van der Waals surface area contributed by atoms with Crippen molar-refractivity contribution in [2.75, 3.05) is 0 Å². The van der Waals surface area contributed by atoms with E-state index in [0.29, 0.717) is 54.7 Å². The molecule has 0 aliphatic heterocycles. The third kappa shape index (κ3) is 5.39. The van der Waals surface area contributed by atoms with E-state index in [9.17, 15) is 9.90 Å². The first-order chi connectivity index (χ1) is 18.2. The molecule has 0 unspecified atom stereocenters. The largest absolute Gasteiger partial charge is 0.489 e. The molecule has 1 N–H and O–H groups in total. The molecule has 1 aromatic heterocycles. The van der Waals surface area contributed by atoms with E-state index in [1.807, 2.05) is 13.0 Å². The maximum atomic E-state index is 11.5. The number of carboxylic acid groups (broad SMARTS) is 1. The van der Waals surface area contributed by atoms with Gasteiger partial charge in [0.15, 0.2) is 0 Å². The van der Waals surface area contributed by atoms with Gasteiger partial charge in [0.05, 0.1) is 26.2 Å². The van der Waals surface area contributed by atoms with Crippen molar-refractivity contribution in [2.24, 2.45) is 0 Å². The van der Waals surface area contributed by atoms with Crippen LogP contribution < -0.4 is 4.74 Å². The van der Waals surface area contributed by atoms with E-state index >= 15 is 0 Å². The van der Waals surface area contributed by atoms with Crippen LogP contribution in [0.2, 0.25) is 15.1 Å². The van der Waals surface area contributed by atoms with Gasteiger partial charge in [-0.25, -0.2) is 4.79 Å². The number of carbonyl (C=O) groups is 1. The van der Waals surface area contributed by atoms with Gasteiger partial charge < -0.3 is 14.4 Å². The van der Waals surface area contributed by atoms with Gasteiger partial charge in [0.25, 0.3) is 0 Å². The summed E-state index contributed by atoms with van der Waals surface area (Å²) in [5, 5.41) is 15.1. The van der Waals surface area contributed by atoms with Gasteiger partial charge in [-0.1, -0.05) is 57.9 Å². The number of benzene rings is 3. The smallest absolute Gasteiger partial charge is 0.336 e. The van der Waals surface area contributed by atoms with Gasteiger partial charge in [0.2, 0.25) is 0 Å². The minimum atomic E-state index is -0.980. The Morgan fingerprint density at radius 1 is 1.03 bits per heavy atom. The summed E-state index contributed by atoms with van der Waals surface area (Å²) in [7, 11) is 0. The van der Waals surface area contributed by atoms with E-state index < -0.39 is 5.97 Å². The number of carboxylic acids is 1. The third-order valence-corrected chi connectivity index (χ3v) is 7.35. The summed E-state index contributed by atoms with van der Waals surface area (Å²) in [6, 6.07) is 14.1. The summed E-state index contributed by atoms with van der Waals surface area (Å²) in [6.45, 7) is 3.79. The Morgan fingerprint density at radius 3 is 2.39 bits per heavy atom. The summed E-state index contributed by atoms with van der Waals surface area (Å²) < 4.78 is 11.8. The fourth-order valence-corrected chi connectivity index (χ4v) is 5.03. The van der Waals surface area contributed by atoms with Crippen LogP contribution in [0.4, 0.5) is 0 Å². The van der Waals surface area contributed by atoms with Crippen LogP contribution in [0.25, 0.3) is 11.3 Å². The fourth-order valence-electron chi connectivity index (χ4n) is 4.24. The number of hydrogen-bond donors (Lipinski definition) is 1. The number of nitrogens with zero attached hydrogens (tertiary/aromatic N) is 1. The molecule has 1 aliphatic carbocycles. The van der Waals surface area contributed by atoms with E-state index in [4.69, 9.17) is 44.1 Å². The van der Waals surface area contributed by atoms with Gasteiger partial charge in [-0.3, -0.25) is 0 Å². The van der Waals surface area contributed by atoms with Crippen LogP contribution in [-0.4, -0.2) is 16.2 Å². The first-order valence-electron chi connectivity index (χ1n) is 11.9. The molecular weight excluding hydrogens is 545 g/mol. The molecule has 192 valence electrons. The summed E-state index contributed by atoms with van der Waals surface area (Å²) in [6.07, 6.45) is 2.07. The molecule has 5 nitrogen and oxygen atoms in total. The fraction of sp³-hybridized carbons (Fsp3) is 0.200. The highest BCUT2D eigenvalue weighted by molar-refractivity contribution is 6.39. The Balaban J connectivity index is 1.39. The van der Waals surface area contributed by atoms with Crippen LogP contribution in [0.5, 0.6) is 5.75 Å². The van der Waals surface area contributed by atoms with E-state index in [0.717, 1.165) is 29.7 Å². The van der Waals surface area contributed by atoms with Crippen LogP contribution in [0.15, 0.2) is 53.1 Å². The van der Waals surface area contributed by atoms with E-state index in [1.54, 1.807) is 49.4 Å². The van der Waals surface area contributed by atoms with Crippen LogP contribution in [-0.2, 0) is 6.61 Å². The minimum absolute atomic E-state index is 0.202. The molecule has 1 fully saturated rings. The number of ether oxygens (including phenoxy) is 1. The number of rotatable bonds is 6. The van der Waals surface area contributed by atoms with Crippen LogP contribution in [0.1, 0.15) is 62.7 Å². The number of aromatic nitrogens is 1. The normalized spacial score (nSPS) is 12.7. The molecule has 0 saturated heterocycles. The molecule has 3 aromatic carbocycles.